The quantitative estimate of drug-likeness (QED) is 0.746. The van der Waals surface area contributed by atoms with E-state index in [9.17, 15) is 22.8 Å². The molecule has 0 saturated carbocycles. The number of aromatic nitrogens is 5. The number of fused-ring (bicyclic) bond motifs is 1. The number of halogens is 3. The molecule has 0 unspecified atom stereocenters. The number of amides is 1. The number of rotatable bonds is 3. The lowest BCUT2D eigenvalue weighted by Crippen LogP contribution is -2.21. The zero-order valence-electron chi connectivity index (χ0n) is 11.8. The SMILES string of the molecule is O=C(Cn1ncc2c(=O)[nH]cnc21)Nc1cccc(C(F)(F)F)n1. The van der Waals surface area contributed by atoms with Gasteiger partial charge in [0.25, 0.3) is 5.56 Å². The van der Waals surface area contributed by atoms with Crippen molar-refractivity contribution in [1.29, 1.82) is 0 Å². The van der Waals surface area contributed by atoms with Crippen LogP contribution in [-0.2, 0) is 17.5 Å². The summed E-state index contributed by atoms with van der Waals surface area (Å²) < 4.78 is 38.9. The van der Waals surface area contributed by atoms with Crippen molar-refractivity contribution in [3.63, 3.8) is 0 Å². The summed E-state index contributed by atoms with van der Waals surface area (Å²) >= 11 is 0. The van der Waals surface area contributed by atoms with E-state index in [0.717, 1.165) is 23.1 Å². The fourth-order valence-electron chi connectivity index (χ4n) is 2.00. The largest absolute Gasteiger partial charge is 0.433 e. The predicted molar refractivity (Wildman–Crippen MR) is 76.0 cm³/mol. The molecule has 0 spiro atoms. The number of carbonyl (C=O) groups is 1. The van der Waals surface area contributed by atoms with Crippen LogP contribution in [0.4, 0.5) is 19.0 Å². The second-order valence-electron chi connectivity index (χ2n) is 4.73. The van der Waals surface area contributed by atoms with Gasteiger partial charge >= 0.3 is 6.18 Å². The number of alkyl halides is 3. The molecule has 2 N–H and O–H groups in total. The van der Waals surface area contributed by atoms with Crippen molar-refractivity contribution in [3.8, 4) is 0 Å². The maximum absolute atomic E-state index is 12.6. The van der Waals surface area contributed by atoms with E-state index in [0.29, 0.717) is 0 Å². The third-order valence-electron chi connectivity index (χ3n) is 3.04. The number of pyridine rings is 1. The Morgan fingerprint density at radius 3 is 2.88 bits per heavy atom. The van der Waals surface area contributed by atoms with Crippen molar-refractivity contribution in [2.24, 2.45) is 0 Å². The minimum atomic E-state index is -4.61. The summed E-state index contributed by atoms with van der Waals surface area (Å²) in [4.78, 5) is 33.1. The van der Waals surface area contributed by atoms with Crippen molar-refractivity contribution in [2.75, 3.05) is 5.32 Å². The van der Waals surface area contributed by atoms with Gasteiger partial charge in [0, 0.05) is 0 Å². The first-order valence-corrected chi connectivity index (χ1v) is 6.58. The molecule has 0 aliphatic carbocycles. The van der Waals surface area contributed by atoms with E-state index >= 15 is 0 Å². The Morgan fingerprint density at radius 1 is 1.33 bits per heavy atom. The van der Waals surface area contributed by atoms with Crippen LogP contribution >= 0.6 is 0 Å². The minimum absolute atomic E-state index is 0.186. The van der Waals surface area contributed by atoms with Crippen LogP contribution in [0.15, 0.2) is 35.5 Å². The molecule has 0 bridgehead atoms. The lowest BCUT2D eigenvalue weighted by Gasteiger charge is -2.09. The molecule has 0 aliphatic rings. The predicted octanol–water partition coefficient (Wildman–Crippen LogP) is 1.17. The van der Waals surface area contributed by atoms with Gasteiger partial charge in [-0.1, -0.05) is 6.07 Å². The van der Waals surface area contributed by atoms with Gasteiger partial charge in [0.2, 0.25) is 5.91 Å². The summed E-state index contributed by atoms with van der Waals surface area (Å²) in [5.74, 6) is -0.897. The maximum Gasteiger partial charge on any atom is 0.433 e. The summed E-state index contributed by atoms with van der Waals surface area (Å²) in [5.41, 5.74) is -1.34. The molecule has 24 heavy (non-hydrogen) atoms. The molecule has 1 amide bonds. The van der Waals surface area contributed by atoms with Crippen LogP contribution in [0, 0.1) is 0 Å². The molecule has 3 aromatic heterocycles. The molecule has 8 nitrogen and oxygen atoms in total. The fourth-order valence-corrected chi connectivity index (χ4v) is 2.00. The number of nitrogens with zero attached hydrogens (tertiary/aromatic N) is 4. The van der Waals surface area contributed by atoms with E-state index in [-0.39, 0.29) is 23.4 Å². The van der Waals surface area contributed by atoms with E-state index in [4.69, 9.17) is 0 Å². The Kier molecular flexibility index (Phi) is 3.75. The molecule has 0 aromatic carbocycles. The first-order chi connectivity index (χ1) is 11.3. The van der Waals surface area contributed by atoms with Crippen molar-refractivity contribution < 1.29 is 18.0 Å². The monoisotopic (exact) mass is 338 g/mol. The second-order valence-corrected chi connectivity index (χ2v) is 4.73. The number of hydrogen-bond donors (Lipinski definition) is 2. The van der Waals surface area contributed by atoms with Gasteiger partial charge in [-0.3, -0.25) is 9.59 Å². The maximum atomic E-state index is 12.6. The lowest BCUT2D eigenvalue weighted by molar-refractivity contribution is -0.141. The first-order valence-electron chi connectivity index (χ1n) is 6.58. The highest BCUT2D eigenvalue weighted by Crippen LogP contribution is 2.28. The minimum Gasteiger partial charge on any atom is -0.312 e. The average molecular weight is 338 g/mol. The Labute approximate surface area is 131 Å². The smallest absolute Gasteiger partial charge is 0.312 e. The highest BCUT2D eigenvalue weighted by atomic mass is 19.4. The van der Waals surface area contributed by atoms with Crippen molar-refractivity contribution in [1.82, 2.24) is 24.7 Å². The van der Waals surface area contributed by atoms with Crippen LogP contribution in [0.3, 0.4) is 0 Å². The summed E-state index contributed by atoms with van der Waals surface area (Å²) in [6.45, 7) is -0.335. The van der Waals surface area contributed by atoms with Gasteiger partial charge in [-0.2, -0.15) is 18.3 Å². The summed E-state index contributed by atoms with van der Waals surface area (Å²) in [6.07, 6.45) is -2.20. The van der Waals surface area contributed by atoms with Gasteiger partial charge < -0.3 is 10.3 Å². The van der Waals surface area contributed by atoms with Crippen molar-refractivity contribution in [2.45, 2.75) is 12.7 Å². The molecule has 0 radical (unpaired) electrons. The Bertz CT molecular complexity index is 962. The topological polar surface area (TPSA) is 106 Å². The number of nitrogens with one attached hydrogen (secondary N) is 2. The number of anilines is 1. The summed E-state index contributed by atoms with van der Waals surface area (Å²) in [6, 6.07) is 3.17. The van der Waals surface area contributed by atoms with Gasteiger partial charge in [0.1, 0.15) is 23.4 Å². The fraction of sp³-hybridized carbons (Fsp3) is 0.154. The molecule has 3 heterocycles. The van der Waals surface area contributed by atoms with Crippen LogP contribution in [0.1, 0.15) is 5.69 Å². The number of H-pyrrole nitrogens is 1. The zero-order chi connectivity index (χ0) is 17.3. The molecular formula is C13H9F3N6O2. The molecule has 3 rings (SSSR count). The highest BCUT2D eigenvalue weighted by Gasteiger charge is 2.32. The number of aromatic amines is 1. The molecule has 124 valence electrons. The molecule has 3 aromatic rings. The standard InChI is InChI=1S/C13H9F3N6O2/c14-13(15,16)8-2-1-3-9(20-8)21-10(23)5-22-11-7(4-19-22)12(24)18-6-17-11/h1-4,6H,5H2,(H,17,18,24)(H,20,21,23). The van der Waals surface area contributed by atoms with Crippen molar-refractivity contribution in [3.05, 3.63) is 46.8 Å². The molecule has 11 heteroatoms. The zero-order valence-corrected chi connectivity index (χ0v) is 11.8. The molecule has 0 fully saturated rings. The third-order valence-corrected chi connectivity index (χ3v) is 3.04. The normalized spacial score (nSPS) is 11.6. The van der Waals surface area contributed by atoms with Crippen LogP contribution < -0.4 is 10.9 Å². The molecule has 0 saturated heterocycles. The summed E-state index contributed by atoms with van der Waals surface area (Å²) in [5, 5.41) is 6.31. The van der Waals surface area contributed by atoms with Crippen LogP contribution in [0.2, 0.25) is 0 Å². The highest BCUT2D eigenvalue weighted by molar-refractivity contribution is 5.90. The van der Waals surface area contributed by atoms with E-state index in [1.54, 1.807) is 0 Å². The van der Waals surface area contributed by atoms with Gasteiger partial charge in [0.15, 0.2) is 5.65 Å². The molecule has 0 aliphatic heterocycles. The Balaban J connectivity index is 1.78. The van der Waals surface area contributed by atoms with Crippen LogP contribution in [-0.4, -0.2) is 30.6 Å². The van der Waals surface area contributed by atoms with Crippen molar-refractivity contribution >= 4 is 22.8 Å². The van der Waals surface area contributed by atoms with Gasteiger partial charge in [-0.25, -0.2) is 14.6 Å². The Morgan fingerprint density at radius 2 is 2.12 bits per heavy atom. The summed E-state index contributed by atoms with van der Waals surface area (Å²) in [7, 11) is 0. The van der Waals surface area contributed by atoms with Gasteiger partial charge in [-0.15, -0.1) is 0 Å². The van der Waals surface area contributed by atoms with Gasteiger partial charge in [-0.05, 0) is 12.1 Å². The lowest BCUT2D eigenvalue weighted by atomic mass is 10.3. The number of carbonyl (C=O) groups excluding carboxylic acids is 1. The van der Waals surface area contributed by atoms with Gasteiger partial charge in [0.05, 0.1) is 12.5 Å². The third kappa shape index (κ3) is 3.09. The molecular weight excluding hydrogens is 329 g/mol. The van der Waals surface area contributed by atoms with E-state index in [1.807, 2.05) is 0 Å². The van der Waals surface area contributed by atoms with E-state index < -0.39 is 23.3 Å². The second kappa shape index (κ2) is 5.76. The number of hydrogen-bond acceptors (Lipinski definition) is 5. The average Bonchev–Trinajstić information content (AvgIpc) is 2.91. The Hall–Kier alpha value is -3.24. The van der Waals surface area contributed by atoms with Crippen LogP contribution in [0.25, 0.3) is 11.0 Å². The molecule has 0 atom stereocenters. The van der Waals surface area contributed by atoms with E-state index in [1.165, 1.54) is 12.3 Å². The van der Waals surface area contributed by atoms with E-state index in [2.05, 4.69) is 25.4 Å². The van der Waals surface area contributed by atoms with Crippen LogP contribution in [0.5, 0.6) is 0 Å². The first kappa shape index (κ1) is 15.6.